The first-order valence-corrected chi connectivity index (χ1v) is 7.60. The van der Waals surface area contributed by atoms with Crippen molar-refractivity contribution in [2.75, 3.05) is 17.8 Å². The number of anilines is 1. The van der Waals surface area contributed by atoms with Gasteiger partial charge in [0.25, 0.3) is 0 Å². The van der Waals surface area contributed by atoms with E-state index in [9.17, 15) is 8.42 Å². The lowest BCUT2D eigenvalue weighted by Crippen LogP contribution is -2.35. The predicted octanol–water partition coefficient (Wildman–Crippen LogP) is 2.50. The molecule has 0 radical (unpaired) electrons. The molecular weight excluding hydrogens is 330 g/mol. The fraction of sp³-hybridized carbons (Fsp3) is 0.444. The second-order valence-electron chi connectivity index (χ2n) is 3.18. The third kappa shape index (κ3) is 3.80. The van der Waals surface area contributed by atoms with Crippen molar-refractivity contribution in [1.82, 2.24) is 9.29 Å². The molecule has 96 valence electrons. The second-order valence-corrected chi connectivity index (χ2v) is 6.13. The summed E-state index contributed by atoms with van der Waals surface area (Å²) >= 11 is 9.02. The molecule has 1 aromatic rings. The molecule has 0 bridgehead atoms. The molecule has 0 saturated heterocycles. The minimum absolute atomic E-state index is 0.115. The van der Waals surface area contributed by atoms with Gasteiger partial charge < -0.3 is 0 Å². The summed E-state index contributed by atoms with van der Waals surface area (Å²) in [7, 11) is -3.58. The molecule has 0 fully saturated rings. The summed E-state index contributed by atoms with van der Waals surface area (Å²) < 4.78 is 28.2. The second kappa shape index (κ2) is 5.99. The zero-order valence-electron chi connectivity index (χ0n) is 9.44. The Morgan fingerprint density at radius 1 is 1.47 bits per heavy atom. The normalized spacial score (nSPS) is 11.8. The quantitative estimate of drug-likeness (QED) is 0.836. The highest BCUT2D eigenvalue weighted by Gasteiger charge is 2.19. The zero-order valence-corrected chi connectivity index (χ0v) is 12.6. The predicted molar refractivity (Wildman–Crippen MR) is 72.4 cm³/mol. The van der Waals surface area contributed by atoms with Gasteiger partial charge in [0, 0.05) is 23.8 Å². The highest BCUT2D eigenvalue weighted by molar-refractivity contribution is 9.10. The van der Waals surface area contributed by atoms with Crippen LogP contribution in [0.4, 0.5) is 5.69 Å². The molecule has 0 aliphatic rings. The lowest BCUT2D eigenvalue weighted by molar-refractivity contribution is 0.449. The minimum Gasteiger partial charge on any atom is -0.268 e. The van der Waals surface area contributed by atoms with Crippen molar-refractivity contribution < 1.29 is 8.42 Å². The van der Waals surface area contributed by atoms with E-state index in [0.29, 0.717) is 17.6 Å². The fourth-order valence-corrected chi connectivity index (χ4v) is 3.04. The first-order valence-electron chi connectivity index (χ1n) is 4.99. The van der Waals surface area contributed by atoms with Crippen LogP contribution in [0.5, 0.6) is 0 Å². The van der Waals surface area contributed by atoms with Crippen LogP contribution in [-0.2, 0) is 10.2 Å². The molecule has 8 heteroatoms. The highest BCUT2D eigenvalue weighted by atomic mass is 79.9. The van der Waals surface area contributed by atoms with Gasteiger partial charge in [-0.1, -0.05) is 25.4 Å². The fourth-order valence-electron chi connectivity index (χ4n) is 1.26. The Labute approximate surface area is 114 Å². The van der Waals surface area contributed by atoms with E-state index >= 15 is 0 Å². The molecule has 0 saturated carbocycles. The lowest BCUT2D eigenvalue weighted by Gasteiger charge is -2.19. The average molecular weight is 343 g/mol. The molecule has 17 heavy (non-hydrogen) atoms. The largest absolute Gasteiger partial charge is 0.301 e. The Morgan fingerprint density at radius 2 is 2.06 bits per heavy atom. The van der Waals surface area contributed by atoms with Crippen LogP contribution in [0.15, 0.2) is 16.7 Å². The standard InChI is InChI=1S/C9H13BrClN3O2S/c1-3-14(4-2)17(15,16)13-8-5-7(10)6-12-9(8)11/h5-6,13H,3-4H2,1-2H3. The Balaban J connectivity index is 3.01. The first kappa shape index (κ1) is 14.7. The number of hydrogen-bond donors (Lipinski definition) is 1. The zero-order chi connectivity index (χ0) is 13.1. The summed E-state index contributed by atoms with van der Waals surface area (Å²) in [5.74, 6) is 0. The maximum atomic E-state index is 11.9. The SMILES string of the molecule is CCN(CC)S(=O)(=O)Nc1cc(Br)cnc1Cl. The van der Waals surface area contributed by atoms with E-state index in [0.717, 1.165) is 0 Å². The van der Waals surface area contributed by atoms with Gasteiger partial charge in [0.1, 0.15) is 0 Å². The van der Waals surface area contributed by atoms with Crippen molar-refractivity contribution in [1.29, 1.82) is 0 Å². The van der Waals surface area contributed by atoms with E-state index in [-0.39, 0.29) is 10.8 Å². The molecule has 0 spiro atoms. The van der Waals surface area contributed by atoms with Crippen LogP contribution in [0, 0.1) is 0 Å². The molecule has 0 aliphatic carbocycles. The molecule has 0 unspecified atom stereocenters. The molecular formula is C9H13BrClN3O2S. The van der Waals surface area contributed by atoms with Crippen LogP contribution in [-0.4, -0.2) is 30.8 Å². The molecule has 1 aromatic heterocycles. The number of nitrogens with one attached hydrogen (secondary N) is 1. The summed E-state index contributed by atoms with van der Waals surface area (Å²) in [6.07, 6.45) is 1.50. The lowest BCUT2D eigenvalue weighted by atomic mass is 10.4. The number of nitrogens with zero attached hydrogens (tertiary/aromatic N) is 2. The van der Waals surface area contributed by atoms with Gasteiger partial charge in [0.2, 0.25) is 0 Å². The van der Waals surface area contributed by atoms with Crippen LogP contribution in [0.25, 0.3) is 0 Å². The van der Waals surface area contributed by atoms with Crippen LogP contribution >= 0.6 is 27.5 Å². The molecule has 0 amide bonds. The average Bonchev–Trinajstić information content (AvgIpc) is 2.24. The molecule has 0 aromatic carbocycles. The van der Waals surface area contributed by atoms with Crippen molar-refractivity contribution in [2.45, 2.75) is 13.8 Å². The van der Waals surface area contributed by atoms with Crippen LogP contribution in [0.1, 0.15) is 13.8 Å². The Hall–Kier alpha value is -0.370. The summed E-state index contributed by atoms with van der Waals surface area (Å²) in [5, 5.41) is 0.115. The van der Waals surface area contributed by atoms with Gasteiger partial charge in [-0.05, 0) is 22.0 Å². The number of aromatic nitrogens is 1. The van der Waals surface area contributed by atoms with E-state index in [1.165, 1.54) is 10.5 Å². The van der Waals surface area contributed by atoms with Gasteiger partial charge in [-0.15, -0.1) is 0 Å². The summed E-state index contributed by atoms with van der Waals surface area (Å²) in [5.41, 5.74) is 0.257. The summed E-state index contributed by atoms with van der Waals surface area (Å²) in [6.45, 7) is 4.32. The third-order valence-electron chi connectivity index (χ3n) is 2.09. The van der Waals surface area contributed by atoms with E-state index < -0.39 is 10.2 Å². The molecule has 1 rings (SSSR count). The smallest absolute Gasteiger partial charge is 0.268 e. The number of hydrogen-bond acceptors (Lipinski definition) is 3. The van der Waals surface area contributed by atoms with Crippen molar-refractivity contribution in [2.24, 2.45) is 0 Å². The molecule has 1 N–H and O–H groups in total. The van der Waals surface area contributed by atoms with Crippen molar-refractivity contribution >= 4 is 43.4 Å². The maximum absolute atomic E-state index is 11.9. The molecule has 0 aliphatic heterocycles. The summed E-state index contributed by atoms with van der Waals surface area (Å²) in [6, 6.07) is 1.57. The third-order valence-corrected chi connectivity index (χ3v) is 4.50. The highest BCUT2D eigenvalue weighted by Crippen LogP contribution is 2.24. The van der Waals surface area contributed by atoms with Crippen LogP contribution < -0.4 is 4.72 Å². The van der Waals surface area contributed by atoms with Crippen molar-refractivity contribution in [3.63, 3.8) is 0 Å². The van der Waals surface area contributed by atoms with E-state index in [2.05, 4.69) is 25.6 Å². The summed E-state index contributed by atoms with van der Waals surface area (Å²) in [4.78, 5) is 3.85. The first-order chi connectivity index (χ1) is 7.90. The van der Waals surface area contributed by atoms with Gasteiger partial charge in [0.15, 0.2) is 5.15 Å². The molecule has 5 nitrogen and oxygen atoms in total. The molecule has 1 heterocycles. The van der Waals surface area contributed by atoms with Gasteiger partial charge in [-0.25, -0.2) is 4.98 Å². The Bertz CT molecular complexity index is 491. The van der Waals surface area contributed by atoms with Crippen LogP contribution in [0.2, 0.25) is 5.15 Å². The van der Waals surface area contributed by atoms with Gasteiger partial charge in [0.05, 0.1) is 5.69 Å². The minimum atomic E-state index is -3.58. The number of halogens is 2. The van der Waals surface area contributed by atoms with Crippen LogP contribution in [0.3, 0.4) is 0 Å². The van der Waals surface area contributed by atoms with Crippen molar-refractivity contribution in [3.05, 3.63) is 21.9 Å². The van der Waals surface area contributed by atoms with E-state index in [1.54, 1.807) is 19.9 Å². The topological polar surface area (TPSA) is 62.3 Å². The Kier molecular flexibility index (Phi) is 5.18. The van der Waals surface area contributed by atoms with Crippen molar-refractivity contribution in [3.8, 4) is 0 Å². The van der Waals surface area contributed by atoms with E-state index in [1.807, 2.05) is 0 Å². The van der Waals surface area contributed by atoms with Gasteiger partial charge in [-0.2, -0.15) is 12.7 Å². The van der Waals surface area contributed by atoms with Gasteiger partial charge >= 0.3 is 10.2 Å². The number of pyridine rings is 1. The number of rotatable bonds is 5. The van der Waals surface area contributed by atoms with E-state index in [4.69, 9.17) is 11.6 Å². The maximum Gasteiger partial charge on any atom is 0.301 e. The van der Waals surface area contributed by atoms with Gasteiger partial charge in [-0.3, -0.25) is 4.72 Å². The Morgan fingerprint density at radius 3 is 2.59 bits per heavy atom. The molecule has 0 atom stereocenters. The monoisotopic (exact) mass is 341 g/mol.